The van der Waals surface area contributed by atoms with Crippen molar-refractivity contribution in [3.63, 3.8) is 0 Å². The fraction of sp³-hybridized carbons (Fsp3) is 0.231. The van der Waals surface area contributed by atoms with Gasteiger partial charge in [0.2, 0.25) is 0 Å². The Labute approximate surface area is 128 Å². The zero-order chi connectivity index (χ0) is 13.4. The SMILES string of the molecule is CC(c1nccs1)n1c(CCl)nc2cc(Br)ccc21. The Bertz CT molecular complexity index is 708. The molecule has 98 valence electrons. The van der Waals surface area contributed by atoms with Gasteiger partial charge in [0.15, 0.2) is 0 Å². The molecule has 3 rings (SSSR count). The van der Waals surface area contributed by atoms with Crippen LogP contribution >= 0.6 is 38.9 Å². The Balaban J connectivity index is 2.21. The minimum Gasteiger partial charge on any atom is -0.317 e. The molecule has 0 aliphatic rings. The van der Waals surface area contributed by atoms with Gasteiger partial charge in [0.1, 0.15) is 10.8 Å². The van der Waals surface area contributed by atoms with Gasteiger partial charge in [0.25, 0.3) is 0 Å². The second-order valence-electron chi connectivity index (χ2n) is 4.21. The molecule has 0 aliphatic heterocycles. The van der Waals surface area contributed by atoms with Gasteiger partial charge in [0, 0.05) is 16.0 Å². The van der Waals surface area contributed by atoms with E-state index in [1.165, 1.54) is 0 Å². The van der Waals surface area contributed by atoms with Gasteiger partial charge < -0.3 is 4.57 Å². The molecular weight excluding hydrogens is 346 g/mol. The number of imidazole rings is 1. The van der Waals surface area contributed by atoms with E-state index in [2.05, 4.69) is 43.5 Å². The van der Waals surface area contributed by atoms with Crippen molar-refractivity contribution in [2.75, 3.05) is 0 Å². The number of fused-ring (bicyclic) bond motifs is 1. The predicted molar refractivity (Wildman–Crippen MR) is 82.9 cm³/mol. The van der Waals surface area contributed by atoms with Crippen LogP contribution in [0.2, 0.25) is 0 Å². The third kappa shape index (κ3) is 2.30. The maximum atomic E-state index is 6.04. The summed E-state index contributed by atoms with van der Waals surface area (Å²) in [4.78, 5) is 8.99. The summed E-state index contributed by atoms with van der Waals surface area (Å²) >= 11 is 11.2. The zero-order valence-corrected chi connectivity index (χ0v) is 13.3. The summed E-state index contributed by atoms with van der Waals surface area (Å²) in [5.41, 5.74) is 2.04. The number of thiazole rings is 1. The molecule has 0 aliphatic carbocycles. The third-order valence-electron chi connectivity index (χ3n) is 3.04. The number of alkyl halides is 1. The van der Waals surface area contributed by atoms with Crippen LogP contribution in [-0.2, 0) is 5.88 Å². The summed E-state index contributed by atoms with van der Waals surface area (Å²) in [5.74, 6) is 1.26. The van der Waals surface area contributed by atoms with Crippen LogP contribution in [0, 0.1) is 0 Å². The van der Waals surface area contributed by atoms with E-state index < -0.39 is 0 Å². The van der Waals surface area contributed by atoms with E-state index in [-0.39, 0.29) is 6.04 Å². The highest BCUT2D eigenvalue weighted by molar-refractivity contribution is 9.10. The molecule has 3 nitrogen and oxygen atoms in total. The van der Waals surface area contributed by atoms with E-state index in [9.17, 15) is 0 Å². The summed E-state index contributed by atoms with van der Waals surface area (Å²) in [6, 6.07) is 6.23. The van der Waals surface area contributed by atoms with Gasteiger partial charge in [-0.05, 0) is 25.1 Å². The van der Waals surface area contributed by atoms with Gasteiger partial charge in [-0.1, -0.05) is 15.9 Å². The lowest BCUT2D eigenvalue weighted by molar-refractivity contribution is 0.630. The van der Waals surface area contributed by atoms with E-state index >= 15 is 0 Å². The lowest BCUT2D eigenvalue weighted by Crippen LogP contribution is -2.09. The highest BCUT2D eigenvalue weighted by Gasteiger charge is 2.18. The highest BCUT2D eigenvalue weighted by Crippen LogP contribution is 2.29. The predicted octanol–water partition coefficient (Wildman–Crippen LogP) is 4.60. The van der Waals surface area contributed by atoms with Crippen LogP contribution in [-0.4, -0.2) is 14.5 Å². The summed E-state index contributed by atoms with van der Waals surface area (Å²) in [6.07, 6.45) is 1.83. The zero-order valence-electron chi connectivity index (χ0n) is 10.2. The summed E-state index contributed by atoms with van der Waals surface area (Å²) in [6.45, 7) is 2.12. The second kappa shape index (κ2) is 5.23. The average Bonchev–Trinajstić information content (AvgIpc) is 3.04. The van der Waals surface area contributed by atoms with Gasteiger partial charge in [-0.2, -0.15) is 0 Å². The first kappa shape index (κ1) is 13.1. The Morgan fingerprint density at radius 3 is 3.00 bits per heavy atom. The molecule has 0 bridgehead atoms. The van der Waals surface area contributed by atoms with Gasteiger partial charge in [0.05, 0.1) is 23.0 Å². The number of hydrogen-bond donors (Lipinski definition) is 0. The van der Waals surface area contributed by atoms with Crippen LogP contribution in [0.4, 0.5) is 0 Å². The topological polar surface area (TPSA) is 30.7 Å². The van der Waals surface area contributed by atoms with E-state index in [4.69, 9.17) is 11.6 Å². The quantitative estimate of drug-likeness (QED) is 0.642. The van der Waals surface area contributed by atoms with Gasteiger partial charge in [-0.3, -0.25) is 0 Å². The number of nitrogens with zero attached hydrogens (tertiary/aromatic N) is 3. The molecule has 3 aromatic rings. The largest absolute Gasteiger partial charge is 0.317 e. The number of aromatic nitrogens is 3. The Morgan fingerprint density at radius 1 is 1.47 bits per heavy atom. The van der Waals surface area contributed by atoms with Crippen molar-refractivity contribution in [2.24, 2.45) is 0 Å². The first-order chi connectivity index (χ1) is 9.20. The van der Waals surface area contributed by atoms with E-state index in [0.717, 1.165) is 26.3 Å². The van der Waals surface area contributed by atoms with Crippen molar-refractivity contribution in [3.05, 3.63) is 45.1 Å². The number of hydrogen-bond acceptors (Lipinski definition) is 3. The monoisotopic (exact) mass is 355 g/mol. The minimum atomic E-state index is 0.139. The first-order valence-electron chi connectivity index (χ1n) is 5.82. The maximum Gasteiger partial charge on any atom is 0.125 e. The van der Waals surface area contributed by atoms with Gasteiger partial charge in [-0.25, -0.2) is 9.97 Å². The highest BCUT2D eigenvalue weighted by atomic mass is 79.9. The third-order valence-corrected chi connectivity index (χ3v) is 4.72. The van der Waals surface area contributed by atoms with Crippen LogP contribution in [0.3, 0.4) is 0 Å². The molecule has 0 saturated carbocycles. The Kier molecular flexibility index (Phi) is 3.60. The molecule has 0 N–H and O–H groups in total. The normalized spacial score (nSPS) is 13.0. The lowest BCUT2D eigenvalue weighted by Gasteiger charge is -2.14. The molecule has 1 aromatic carbocycles. The van der Waals surface area contributed by atoms with Crippen LogP contribution < -0.4 is 0 Å². The van der Waals surface area contributed by atoms with Crippen molar-refractivity contribution >= 4 is 49.9 Å². The van der Waals surface area contributed by atoms with Crippen molar-refractivity contribution in [2.45, 2.75) is 18.8 Å². The van der Waals surface area contributed by atoms with Crippen molar-refractivity contribution in [1.29, 1.82) is 0 Å². The molecule has 19 heavy (non-hydrogen) atoms. The average molecular weight is 357 g/mol. The molecular formula is C13H11BrClN3S. The second-order valence-corrected chi connectivity index (χ2v) is 6.32. The van der Waals surface area contributed by atoms with Crippen molar-refractivity contribution in [3.8, 4) is 0 Å². The summed E-state index contributed by atoms with van der Waals surface area (Å²) in [7, 11) is 0. The van der Waals surface area contributed by atoms with Crippen LogP contribution in [0.5, 0.6) is 0 Å². The number of halogens is 2. The Hall–Kier alpha value is -0.910. The number of rotatable bonds is 3. The molecule has 0 radical (unpaired) electrons. The maximum absolute atomic E-state index is 6.04. The van der Waals surface area contributed by atoms with Crippen molar-refractivity contribution < 1.29 is 0 Å². The molecule has 2 heterocycles. The molecule has 0 spiro atoms. The fourth-order valence-corrected chi connectivity index (χ4v) is 3.42. The van der Waals surface area contributed by atoms with Crippen LogP contribution in [0.15, 0.2) is 34.2 Å². The molecule has 0 fully saturated rings. The fourth-order valence-electron chi connectivity index (χ4n) is 2.20. The lowest BCUT2D eigenvalue weighted by atomic mass is 10.3. The van der Waals surface area contributed by atoms with Crippen molar-refractivity contribution in [1.82, 2.24) is 14.5 Å². The van der Waals surface area contributed by atoms with Crippen LogP contribution in [0.25, 0.3) is 11.0 Å². The van der Waals surface area contributed by atoms with Gasteiger partial charge in [-0.15, -0.1) is 22.9 Å². The molecule has 0 amide bonds. The molecule has 0 saturated heterocycles. The number of benzene rings is 1. The molecule has 2 aromatic heterocycles. The van der Waals surface area contributed by atoms with E-state index in [0.29, 0.717) is 5.88 Å². The van der Waals surface area contributed by atoms with E-state index in [1.54, 1.807) is 11.3 Å². The standard InChI is InChI=1S/C13H11BrClN3S/c1-8(13-16-4-5-19-13)18-11-3-2-9(14)6-10(11)17-12(18)7-15/h2-6,8H,7H2,1H3. The summed E-state index contributed by atoms with van der Waals surface area (Å²) in [5, 5.41) is 3.05. The van der Waals surface area contributed by atoms with E-state index in [1.807, 2.05) is 23.7 Å². The summed E-state index contributed by atoms with van der Waals surface area (Å²) < 4.78 is 3.18. The smallest absolute Gasteiger partial charge is 0.125 e. The molecule has 1 atom stereocenters. The molecule has 6 heteroatoms. The van der Waals surface area contributed by atoms with Gasteiger partial charge >= 0.3 is 0 Å². The first-order valence-corrected chi connectivity index (χ1v) is 8.03. The molecule has 1 unspecified atom stereocenters. The Morgan fingerprint density at radius 2 is 2.32 bits per heavy atom. The van der Waals surface area contributed by atoms with Crippen LogP contribution in [0.1, 0.15) is 23.8 Å². The minimum absolute atomic E-state index is 0.139.